The zero-order valence-corrected chi connectivity index (χ0v) is 17.9. The smallest absolute Gasteiger partial charge is 0.369 e. The maximum absolute atomic E-state index is 11.2. The molecule has 150 valence electrons. The molecule has 0 amide bonds. The Morgan fingerprint density at radius 1 is 1.19 bits per heavy atom. The van der Waals surface area contributed by atoms with Gasteiger partial charge in [-0.25, -0.2) is 8.37 Å². The molecule has 0 bridgehead atoms. The van der Waals surface area contributed by atoms with Crippen LogP contribution in [0.5, 0.6) is 0 Å². The molecule has 1 aliphatic heterocycles. The van der Waals surface area contributed by atoms with E-state index in [1.807, 2.05) is 0 Å². The Morgan fingerprint density at radius 3 is 2.19 bits per heavy atom. The largest absolute Gasteiger partial charge is 1.00 e. The van der Waals surface area contributed by atoms with Crippen molar-refractivity contribution in [3.8, 4) is 0 Å². The molecule has 2 N–H and O–H groups in total. The third-order valence-electron chi connectivity index (χ3n) is 3.02. The van der Waals surface area contributed by atoms with E-state index in [1.54, 1.807) is 0 Å². The predicted molar refractivity (Wildman–Crippen MR) is 82.5 cm³/mol. The van der Waals surface area contributed by atoms with Crippen molar-refractivity contribution in [2.75, 3.05) is 20.3 Å². The molecule has 14 nitrogen and oxygen atoms in total. The van der Waals surface area contributed by atoms with Crippen molar-refractivity contribution in [1.29, 1.82) is 0 Å². The third kappa shape index (κ3) is 9.14. The van der Waals surface area contributed by atoms with Crippen LogP contribution in [0.15, 0.2) is 17.8 Å². The fourth-order valence-electron chi connectivity index (χ4n) is 2.21. The summed E-state index contributed by atoms with van der Waals surface area (Å²) in [6.45, 7) is 2.83. The second-order valence-corrected chi connectivity index (χ2v) is 6.85. The molecule has 0 aromatic rings. The van der Waals surface area contributed by atoms with Crippen molar-refractivity contribution in [1.82, 2.24) is 0 Å². The summed E-state index contributed by atoms with van der Waals surface area (Å²) in [5, 5.41) is 3.27. The van der Waals surface area contributed by atoms with Gasteiger partial charge in [-0.05, 0) is 5.53 Å². The van der Waals surface area contributed by atoms with Crippen LogP contribution in [0.25, 0.3) is 10.4 Å². The van der Waals surface area contributed by atoms with Crippen molar-refractivity contribution >= 4 is 20.8 Å². The summed E-state index contributed by atoms with van der Waals surface area (Å²) in [6.07, 6.45) is -6.66. The van der Waals surface area contributed by atoms with Crippen LogP contribution >= 0.6 is 0 Å². The van der Waals surface area contributed by atoms with Crippen LogP contribution in [0.3, 0.4) is 0 Å². The molecule has 1 rings (SSSR count). The first-order valence-electron chi connectivity index (χ1n) is 6.75. The van der Waals surface area contributed by atoms with Crippen molar-refractivity contribution in [3.05, 3.63) is 23.1 Å². The molecule has 27 heavy (non-hydrogen) atoms. The number of ether oxygens (including phenoxy) is 3. The van der Waals surface area contributed by atoms with E-state index in [4.69, 9.17) is 28.8 Å². The third-order valence-corrected chi connectivity index (χ3v) is 3.95. The van der Waals surface area contributed by atoms with Crippen molar-refractivity contribution < 1.29 is 78.1 Å². The monoisotopic (exact) mass is 442 g/mol. The summed E-state index contributed by atoms with van der Waals surface area (Å²) in [6, 6.07) is 0. The molecular weight excluding hydrogens is 425 g/mol. The van der Waals surface area contributed by atoms with Gasteiger partial charge in [0.1, 0.15) is 12.2 Å². The van der Waals surface area contributed by atoms with Gasteiger partial charge in [-0.1, -0.05) is 11.2 Å². The zero-order valence-electron chi connectivity index (χ0n) is 14.3. The minimum atomic E-state index is -5.12. The van der Waals surface area contributed by atoms with E-state index in [2.05, 4.69) is 25.0 Å². The molecule has 0 aliphatic carbocycles. The first kappa shape index (κ1) is 26.7. The van der Waals surface area contributed by atoms with E-state index in [-0.39, 0.29) is 42.7 Å². The van der Waals surface area contributed by atoms with Crippen LogP contribution in [0.1, 0.15) is 0 Å². The molecule has 0 saturated carbocycles. The summed E-state index contributed by atoms with van der Waals surface area (Å²) in [5.74, 6) is 0. The number of hydrogen-bond donors (Lipinski definition) is 2. The van der Waals surface area contributed by atoms with E-state index in [0.29, 0.717) is 0 Å². The maximum Gasteiger partial charge on any atom is 1.00 e. The normalized spacial score (nSPS) is 28.6. The second kappa shape index (κ2) is 11.6. The molecule has 0 aromatic heterocycles. The van der Waals surface area contributed by atoms with E-state index < -0.39 is 51.5 Å². The predicted octanol–water partition coefficient (Wildman–Crippen LogP) is -3.38. The summed E-state index contributed by atoms with van der Waals surface area (Å²) in [7, 11) is -9.17. The van der Waals surface area contributed by atoms with Gasteiger partial charge in [-0.3, -0.25) is 9.11 Å². The fourth-order valence-corrected chi connectivity index (χ4v) is 3.19. The average Bonchev–Trinajstić information content (AvgIpc) is 2.51. The van der Waals surface area contributed by atoms with Gasteiger partial charge in [0.25, 0.3) is 0 Å². The number of methoxy groups -OCH3 is 1. The number of hydrogen-bond acceptors (Lipinski definition) is 10. The summed E-state index contributed by atoms with van der Waals surface area (Å²) in [5.41, 5.74) is 8.45. The molecular formula is C10H17N3NaO11S2+. The fraction of sp³-hybridized carbons (Fsp3) is 0.800. The van der Waals surface area contributed by atoms with Crippen molar-refractivity contribution in [3.63, 3.8) is 0 Å². The van der Waals surface area contributed by atoms with Crippen molar-refractivity contribution in [2.24, 2.45) is 5.11 Å². The van der Waals surface area contributed by atoms with Gasteiger partial charge in [-0.2, -0.15) is 16.8 Å². The molecule has 0 aromatic carbocycles. The molecule has 5 atom stereocenters. The Morgan fingerprint density at radius 2 is 1.74 bits per heavy atom. The Kier molecular flexibility index (Phi) is 11.5. The van der Waals surface area contributed by atoms with Gasteiger partial charge >= 0.3 is 50.4 Å². The summed E-state index contributed by atoms with van der Waals surface area (Å²) < 4.78 is 86.8. The molecule has 17 heteroatoms. The molecule has 0 radical (unpaired) electrons. The molecule has 0 unspecified atom stereocenters. The number of rotatable bonds is 10. The zero-order chi connectivity index (χ0) is 20.0. The van der Waals surface area contributed by atoms with Crippen LogP contribution in [-0.2, 0) is 43.4 Å². The Labute approximate surface area is 177 Å². The summed E-state index contributed by atoms with van der Waals surface area (Å²) in [4.78, 5) is 2.53. The van der Waals surface area contributed by atoms with Crippen LogP contribution in [-0.4, -0.2) is 76.9 Å². The van der Waals surface area contributed by atoms with E-state index in [0.717, 1.165) is 7.11 Å². The standard InChI is InChI=1S/C10H17N3O11S2.Na/c1-3-4-21-7-6(5-12-13-11)22-10(20-2)9(24-26(17,18)19)8(7)23-25(14,15)16;/h3,6-10H,1,4-5H2,2H3,(H,14,15,16)(H,17,18,19);/q;+1/t6-,7-,8+,9+,10+;/m1./s1. The van der Waals surface area contributed by atoms with Crippen LogP contribution in [0, 0.1) is 0 Å². The van der Waals surface area contributed by atoms with Crippen LogP contribution in [0.4, 0.5) is 0 Å². The number of azide groups is 1. The topological polar surface area (TPSA) is 204 Å². The molecule has 0 spiro atoms. The summed E-state index contributed by atoms with van der Waals surface area (Å²) >= 11 is 0. The van der Waals surface area contributed by atoms with Gasteiger partial charge in [-0.15, -0.1) is 6.58 Å². The van der Waals surface area contributed by atoms with E-state index >= 15 is 0 Å². The Bertz CT molecular complexity index is 739. The first-order valence-corrected chi connectivity index (χ1v) is 9.48. The van der Waals surface area contributed by atoms with Gasteiger partial charge < -0.3 is 14.2 Å². The van der Waals surface area contributed by atoms with E-state index in [9.17, 15) is 16.8 Å². The average molecular weight is 442 g/mol. The molecule has 1 fully saturated rings. The van der Waals surface area contributed by atoms with Gasteiger partial charge in [0.2, 0.25) is 0 Å². The van der Waals surface area contributed by atoms with Gasteiger partial charge in [0.05, 0.1) is 19.3 Å². The molecule has 1 aliphatic rings. The van der Waals surface area contributed by atoms with Crippen molar-refractivity contribution in [2.45, 2.75) is 30.7 Å². The van der Waals surface area contributed by atoms with Gasteiger partial charge in [0.15, 0.2) is 12.4 Å². The Hall–Kier alpha value is -0.330. The quantitative estimate of drug-likeness (QED) is 0.0852. The maximum atomic E-state index is 11.2. The van der Waals surface area contributed by atoms with E-state index in [1.165, 1.54) is 6.08 Å². The second-order valence-electron chi connectivity index (χ2n) is 4.76. The minimum Gasteiger partial charge on any atom is -0.369 e. The minimum absolute atomic E-state index is 0. The molecule has 1 heterocycles. The SMILES string of the molecule is C=CCO[C@H]1[C@H](OS(=O)(=O)O)[C@H](OS(=O)(=O)O)[C@@H](OC)O[C@@H]1CN=[N+]=[N-].[Na+]. The Balaban J connectivity index is 0.00000676. The molecule has 1 saturated heterocycles. The van der Waals surface area contributed by atoms with Crippen LogP contribution in [0.2, 0.25) is 0 Å². The number of nitrogens with zero attached hydrogens (tertiary/aromatic N) is 3. The van der Waals surface area contributed by atoms with Crippen LogP contribution < -0.4 is 29.6 Å². The van der Waals surface area contributed by atoms with Gasteiger partial charge in [0, 0.05) is 12.0 Å². The first-order chi connectivity index (χ1) is 12.0.